The van der Waals surface area contributed by atoms with Crippen molar-refractivity contribution in [2.75, 3.05) is 13.1 Å². The molecule has 0 saturated carbocycles. The summed E-state index contributed by atoms with van der Waals surface area (Å²) < 4.78 is 15.8. The molecule has 10 rings (SSSR count). The van der Waals surface area contributed by atoms with E-state index in [0.717, 1.165) is 92.9 Å². The number of benzene rings is 4. The molecule has 0 saturated heterocycles. The topological polar surface area (TPSA) is 155 Å². The van der Waals surface area contributed by atoms with Crippen LogP contribution in [0, 0.1) is 0 Å². The van der Waals surface area contributed by atoms with Gasteiger partial charge in [0.05, 0.1) is 26.3 Å². The number of rotatable bonds is 11. The van der Waals surface area contributed by atoms with Crippen molar-refractivity contribution in [1.82, 2.24) is 14.5 Å². The molecule has 70 heavy (non-hydrogen) atoms. The predicted octanol–water partition coefficient (Wildman–Crippen LogP) is 12.1. The van der Waals surface area contributed by atoms with Crippen LogP contribution in [0.1, 0.15) is 55.4 Å². The van der Waals surface area contributed by atoms with Crippen molar-refractivity contribution in [2.24, 2.45) is 19.8 Å². The SMILES string of the molecule is CC(=O)c1ccc(-c2cc(Cl)c3c(c2)CC(CN)O3)s1.CC(=O)c1ccc(-c2cc(Cl)c3c(c2)CC(CNC(=O)/C=C/c2cn(C)c4ccccc24)O3)s1.Cl.Cn1cc(/C=C/C(=O)O)c2ccccc21. The zero-order valence-electron chi connectivity index (χ0n) is 38.5. The fraction of sp³-hybridized carbons (Fsp3) is 0.185. The zero-order valence-corrected chi connectivity index (χ0v) is 42.5. The number of thiophene rings is 2. The van der Waals surface area contributed by atoms with Crippen LogP contribution >= 0.6 is 58.3 Å². The van der Waals surface area contributed by atoms with Crippen LogP contribution < -0.4 is 20.5 Å². The Morgan fingerprint density at radius 3 is 1.61 bits per heavy atom. The number of aromatic nitrogens is 2. The highest BCUT2D eigenvalue weighted by atomic mass is 35.5. The van der Waals surface area contributed by atoms with Gasteiger partial charge in [-0.2, -0.15) is 0 Å². The van der Waals surface area contributed by atoms with E-state index in [1.807, 2.05) is 121 Å². The monoisotopic (exact) mass is 1030 g/mol. The summed E-state index contributed by atoms with van der Waals surface area (Å²) in [4.78, 5) is 49.4. The van der Waals surface area contributed by atoms with E-state index in [-0.39, 0.29) is 42.1 Å². The number of carboxylic acid groups (broad SMARTS) is 1. The molecule has 11 nitrogen and oxygen atoms in total. The Morgan fingerprint density at radius 2 is 1.16 bits per heavy atom. The number of fused-ring (bicyclic) bond motifs is 4. The number of hydrogen-bond acceptors (Lipinski definition) is 9. The summed E-state index contributed by atoms with van der Waals surface area (Å²) >= 11 is 15.7. The number of amides is 1. The van der Waals surface area contributed by atoms with Crippen LogP contribution in [0.2, 0.25) is 10.0 Å². The van der Waals surface area contributed by atoms with Gasteiger partial charge in [0.1, 0.15) is 23.7 Å². The average Bonchev–Trinajstić information content (AvgIpc) is 4.20. The molecule has 4 aromatic heterocycles. The van der Waals surface area contributed by atoms with Crippen molar-refractivity contribution in [2.45, 2.75) is 38.9 Å². The number of aryl methyl sites for hydroxylation is 2. The Hall–Kier alpha value is -6.45. The molecular formula is C54H49Cl3N4O7S2. The van der Waals surface area contributed by atoms with Gasteiger partial charge in [0.15, 0.2) is 11.6 Å². The lowest BCUT2D eigenvalue weighted by atomic mass is 10.1. The van der Waals surface area contributed by atoms with Crippen LogP contribution in [0.25, 0.3) is 54.8 Å². The largest absolute Gasteiger partial charge is 0.487 e. The molecule has 2 aliphatic heterocycles. The molecule has 0 radical (unpaired) electrons. The standard InChI is InChI=1S/C27H23ClN2O3S.C15H14ClNO2S.C12H11NO2.ClH/c1-16(31)24-8-9-25(34-24)18-11-19-12-20(33-27(19)22(28)13-18)14-29-26(32)10-7-17-15-30(2)23-6-4-3-5-21(17)23;1-8(18)13-2-3-14(20-13)9-4-10-5-11(7-17)19-15(10)12(16)6-9;1-13-8-9(6-7-12(14)15)10-4-2-3-5-11(10)13;/h3-11,13,15,20H,12,14H2,1-2H3,(H,29,32);2-4,6,11H,5,7,17H2,1H3;2-8H,1H3,(H,14,15);1H/b10-7+;;7-6+;. The zero-order chi connectivity index (χ0) is 48.9. The number of nitrogens with one attached hydrogen (secondary N) is 1. The van der Waals surface area contributed by atoms with Crippen molar-refractivity contribution in [3.63, 3.8) is 0 Å². The first-order chi connectivity index (χ1) is 33.1. The van der Waals surface area contributed by atoms with Gasteiger partial charge in [-0.3, -0.25) is 14.4 Å². The second-order valence-electron chi connectivity index (χ2n) is 16.6. The lowest BCUT2D eigenvalue weighted by molar-refractivity contribution is -0.131. The van der Waals surface area contributed by atoms with Crippen molar-refractivity contribution < 1.29 is 33.8 Å². The Morgan fingerprint density at radius 1 is 0.700 bits per heavy atom. The number of hydrogen-bond donors (Lipinski definition) is 3. The first kappa shape index (κ1) is 51.4. The number of halogens is 3. The normalized spacial score (nSPS) is 14.5. The number of carboxylic acids is 1. The summed E-state index contributed by atoms with van der Waals surface area (Å²) in [5, 5.41) is 14.8. The number of para-hydroxylation sites is 2. The number of nitrogens with zero attached hydrogens (tertiary/aromatic N) is 2. The van der Waals surface area contributed by atoms with Gasteiger partial charge in [0, 0.05) is 112 Å². The number of carbonyl (C=O) groups is 4. The Balaban J connectivity index is 0.000000170. The number of aliphatic carboxylic acids is 1. The highest BCUT2D eigenvalue weighted by molar-refractivity contribution is 7.17. The van der Waals surface area contributed by atoms with Crippen LogP contribution in [0.5, 0.6) is 11.5 Å². The van der Waals surface area contributed by atoms with Gasteiger partial charge in [0.2, 0.25) is 5.91 Å². The molecular weight excluding hydrogens is 987 g/mol. The molecule has 360 valence electrons. The fourth-order valence-corrected chi connectivity index (χ4v) is 10.6. The molecule has 0 fully saturated rings. The molecule has 2 unspecified atom stereocenters. The molecule has 2 aliphatic rings. The highest BCUT2D eigenvalue weighted by Crippen LogP contribution is 2.42. The van der Waals surface area contributed by atoms with Crippen LogP contribution in [-0.2, 0) is 36.5 Å². The van der Waals surface area contributed by atoms with Crippen LogP contribution in [0.15, 0.2) is 122 Å². The quantitative estimate of drug-likeness (QED) is 0.0854. The predicted molar refractivity (Wildman–Crippen MR) is 287 cm³/mol. The second kappa shape index (κ2) is 22.5. The number of Topliss-reactive ketones (excluding diaryl/α,β-unsaturated/α-hetero) is 2. The van der Waals surface area contributed by atoms with Crippen LogP contribution in [-0.4, -0.2) is 63.0 Å². The summed E-state index contributed by atoms with van der Waals surface area (Å²) in [6.45, 7) is 4.00. The molecule has 0 aliphatic carbocycles. The minimum Gasteiger partial charge on any atom is -0.487 e. The maximum atomic E-state index is 12.4. The van der Waals surface area contributed by atoms with Gasteiger partial charge >= 0.3 is 5.97 Å². The Bertz CT molecular complexity index is 3330. The molecule has 8 aromatic rings. The summed E-state index contributed by atoms with van der Waals surface area (Å²) in [7, 11) is 3.94. The maximum absolute atomic E-state index is 12.4. The van der Waals surface area contributed by atoms with E-state index >= 15 is 0 Å². The summed E-state index contributed by atoms with van der Waals surface area (Å²) in [5.41, 5.74) is 13.9. The first-order valence-corrected chi connectivity index (χ1v) is 24.4. The van der Waals surface area contributed by atoms with Gasteiger partial charge in [-0.25, -0.2) is 4.79 Å². The molecule has 6 heterocycles. The van der Waals surface area contributed by atoms with Gasteiger partial charge in [-0.05, 0) is 97.8 Å². The molecule has 2 atom stereocenters. The molecule has 1 amide bonds. The van der Waals surface area contributed by atoms with Gasteiger partial charge in [-0.1, -0.05) is 59.6 Å². The van der Waals surface area contributed by atoms with Gasteiger partial charge in [0.25, 0.3) is 0 Å². The van der Waals surface area contributed by atoms with Gasteiger partial charge in [-0.15, -0.1) is 35.1 Å². The highest BCUT2D eigenvalue weighted by Gasteiger charge is 2.27. The molecule has 0 bridgehead atoms. The molecule has 0 spiro atoms. The Kier molecular flexibility index (Phi) is 16.5. The van der Waals surface area contributed by atoms with Crippen LogP contribution in [0.3, 0.4) is 0 Å². The van der Waals surface area contributed by atoms with E-state index in [2.05, 4.69) is 23.5 Å². The number of carbonyl (C=O) groups excluding carboxylic acids is 3. The average molecular weight is 1040 g/mol. The molecule has 4 aromatic carbocycles. The number of ketones is 2. The minimum absolute atomic E-state index is 0. The second-order valence-corrected chi connectivity index (χ2v) is 19.6. The fourth-order valence-electron chi connectivity index (χ4n) is 8.28. The third-order valence-corrected chi connectivity index (χ3v) is 14.7. The van der Waals surface area contributed by atoms with E-state index in [0.29, 0.717) is 35.3 Å². The van der Waals surface area contributed by atoms with Crippen molar-refractivity contribution in [3.8, 4) is 32.4 Å². The van der Waals surface area contributed by atoms with Crippen molar-refractivity contribution in [1.29, 1.82) is 0 Å². The van der Waals surface area contributed by atoms with E-state index in [9.17, 15) is 19.2 Å². The lowest BCUT2D eigenvalue weighted by Crippen LogP contribution is -2.33. The van der Waals surface area contributed by atoms with Crippen molar-refractivity contribution in [3.05, 3.63) is 164 Å². The molecule has 4 N–H and O–H groups in total. The summed E-state index contributed by atoms with van der Waals surface area (Å²) in [6, 6.07) is 31.5. The van der Waals surface area contributed by atoms with Crippen molar-refractivity contribution >= 4 is 116 Å². The van der Waals surface area contributed by atoms with Crippen LogP contribution in [0.4, 0.5) is 0 Å². The summed E-state index contributed by atoms with van der Waals surface area (Å²) in [5.74, 6) is 0.447. The smallest absolute Gasteiger partial charge is 0.328 e. The maximum Gasteiger partial charge on any atom is 0.328 e. The third kappa shape index (κ3) is 11.8. The van der Waals surface area contributed by atoms with E-state index < -0.39 is 5.97 Å². The summed E-state index contributed by atoms with van der Waals surface area (Å²) in [6.07, 6.45) is 11.3. The van der Waals surface area contributed by atoms with E-state index in [1.165, 1.54) is 22.7 Å². The molecule has 16 heteroatoms. The van der Waals surface area contributed by atoms with E-state index in [1.54, 1.807) is 26.0 Å². The Labute approximate surface area is 429 Å². The number of nitrogens with two attached hydrogens (primary N) is 1. The van der Waals surface area contributed by atoms with Gasteiger partial charge < -0.3 is 34.8 Å². The first-order valence-electron chi connectivity index (χ1n) is 22.0. The third-order valence-electron chi connectivity index (χ3n) is 11.6. The minimum atomic E-state index is -0.928. The lowest BCUT2D eigenvalue weighted by Gasteiger charge is -2.11. The number of ether oxygens (including phenoxy) is 2. The van der Waals surface area contributed by atoms with E-state index in [4.69, 9.17) is 43.5 Å².